The summed E-state index contributed by atoms with van der Waals surface area (Å²) in [6.07, 6.45) is 5.31. The lowest BCUT2D eigenvalue weighted by atomic mass is 10.2. The zero-order valence-corrected chi connectivity index (χ0v) is 16.3. The molecular formula is C19H22ClN3O2S. The van der Waals surface area contributed by atoms with Crippen molar-refractivity contribution in [3.8, 4) is 0 Å². The fraction of sp³-hybridized carbons (Fsp3) is 0.474. The number of carbonyl (C=O) groups is 1. The molecule has 0 amide bonds. The monoisotopic (exact) mass is 391 g/mol. The van der Waals surface area contributed by atoms with Crippen molar-refractivity contribution in [2.45, 2.75) is 44.2 Å². The molecule has 1 fully saturated rings. The Morgan fingerprint density at radius 2 is 2.19 bits per heavy atom. The van der Waals surface area contributed by atoms with Crippen molar-refractivity contribution in [2.75, 3.05) is 18.2 Å². The number of ether oxygens (including phenoxy) is 1. The Balaban J connectivity index is 1.61. The van der Waals surface area contributed by atoms with E-state index in [1.807, 2.05) is 12.1 Å². The van der Waals surface area contributed by atoms with Crippen LogP contribution in [0.4, 0.5) is 5.69 Å². The highest BCUT2D eigenvalue weighted by Crippen LogP contribution is 2.33. The SMILES string of the molecule is COC(=O)CC1CSC(c2cc3cc(Cl)cc(NC4CCCC4)c3[nH]2)=N1. The predicted molar refractivity (Wildman–Crippen MR) is 109 cm³/mol. The van der Waals surface area contributed by atoms with Gasteiger partial charge in [-0.1, -0.05) is 24.4 Å². The Morgan fingerprint density at radius 3 is 2.96 bits per heavy atom. The lowest BCUT2D eigenvalue weighted by molar-refractivity contribution is -0.140. The molecule has 5 nitrogen and oxygen atoms in total. The van der Waals surface area contributed by atoms with Crippen LogP contribution in [0.25, 0.3) is 10.9 Å². The minimum Gasteiger partial charge on any atom is -0.469 e. The molecule has 26 heavy (non-hydrogen) atoms. The molecule has 1 aliphatic heterocycles. The van der Waals surface area contributed by atoms with Gasteiger partial charge in [0.2, 0.25) is 0 Å². The number of nitrogens with one attached hydrogen (secondary N) is 2. The summed E-state index contributed by atoms with van der Waals surface area (Å²) in [6.45, 7) is 0. The first-order chi connectivity index (χ1) is 12.6. The average molecular weight is 392 g/mol. The number of aliphatic imine (C=N–C) groups is 1. The summed E-state index contributed by atoms with van der Waals surface area (Å²) in [4.78, 5) is 19.7. The number of thioether (sulfide) groups is 1. The second kappa shape index (κ2) is 7.53. The summed E-state index contributed by atoms with van der Waals surface area (Å²) in [5.41, 5.74) is 3.10. The van der Waals surface area contributed by atoms with E-state index in [2.05, 4.69) is 16.4 Å². The summed E-state index contributed by atoms with van der Waals surface area (Å²) >= 11 is 8.01. The van der Waals surface area contributed by atoms with Crippen molar-refractivity contribution < 1.29 is 9.53 Å². The van der Waals surface area contributed by atoms with E-state index in [0.29, 0.717) is 12.5 Å². The second-order valence-electron chi connectivity index (χ2n) is 6.91. The molecule has 2 N–H and O–H groups in total. The quantitative estimate of drug-likeness (QED) is 0.731. The molecule has 1 unspecified atom stereocenters. The van der Waals surface area contributed by atoms with Crippen LogP contribution in [-0.2, 0) is 9.53 Å². The summed E-state index contributed by atoms with van der Waals surface area (Å²) in [7, 11) is 1.41. The van der Waals surface area contributed by atoms with Gasteiger partial charge in [-0.15, -0.1) is 11.8 Å². The van der Waals surface area contributed by atoms with Crippen LogP contribution in [0, 0.1) is 0 Å². The minimum atomic E-state index is -0.216. The molecule has 1 aromatic heterocycles. The zero-order valence-electron chi connectivity index (χ0n) is 14.7. The Bertz CT molecular complexity index is 858. The lowest BCUT2D eigenvalue weighted by Crippen LogP contribution is -2.14. The number of aromatic amines is 1. The third-order valence-electron chi connectivity index (χ3n) is 4.98. The number of fused-ring (bicyclic) bond motifs is 1. The van der Waals surface area contributed by atoms with Gasteiger partial charge in [-0.3, -0.25) is 9.79 Å². The van der Waals surface area contributed by atoms with E-state index in [4.69, 9.17) is 21.3 Å². The number of halogens is 1. The molecule has 2 aliphatic rings. The van der Waals surface area contributed by atoms with Gasteiger partial charge in [-0.05, 0) is 31.0 Å². The standard InChI is InChI=1S/C19H22ClN3O2S/c1-25-17(24)9-14-10-26-19(22-14)16-7-11-6-12(20)8-15(18(11)23-16)21-13-4-2-3-5-13/h6-8,13-14,21,23H,2-5,9-10H2,1H3. The van der Waals surface area contributed by atoms with Crippen LogP contribution in [0.2, 0.25) is 5.02 Å². The first kappa shape index (κ1) is 17.7. The van der Waals surface area contributed by atoms with Gasteiger partial charge in [0.25, 0.3) is 0 Å². The second-order valence-corrected chi connectivity index (χ2v) is 8.35. The highest BCUT2D eigenvalue weighted by Gasteiger charge is 2.24. The number of hydrogen-bond donors (Lipinski definition) is 2. The van der Waals surface area contributed by atoms with Crippen molar-refractivity contribution >= 4 is 51.0 Å². The number of esters is 1. The number of H-pyrrole nitrogens is 1. The normalized spacial score (nSPS) is 20.5. The number of aromatic nitrogens is 1. The van der Waals surface area contributed by atoms with Crippen molar-refractivity contribution in [1.29, 1.82) is 0 Å². The fourth-order valence-electron chi connectivity index (χ4n) is 3.67. The molecule has 0 radical (unpaired) electrons. The van der Waals surface area contributed by atoms with Crippen LogP contribution in [0.3, 0.4) is 0 Å². The molecule has 2 heterocycles. The molecular weight excluding hydrogens is 370 g/mol. The first-order valence-corrected chi connectivity index (χ1v) is 10.4. The average Bonchev–Trinajstić information content (AvgIpc) is 3.34. The summed E-state index contributed by atoms with van der Waals surface area (Å²) < 4.78 is 4.75. The van der Waals surface area contributed by atoms with Crippen LogP contribution in [0.5, 0.6) is 0 Å². The number of benzene rings is 1. The van der Waals surface area contributed by atoms with E-state index in [1.165, 1.54) is 32.8 Å². The molecule has 7 heteroatoms. The molecule has 4 rings (SSSR count). The maximum Gasteiger partial charge on any atom is 0.307 e. The molecule has 1 saturated carbocycles. The smallest absolute Gasteiger partial charge is 0.307 e. The predicted octanol–water partition coefficient (Wildman–Crippen LogP) is 4.60. The van der Waals surface area contributed by atoms with Crippen molar-refractivity contribution in [3.63, 3.8) is 0 Å². The number of carbonyl (C=O) groups excluding carboxylic acids is 1. The number of hydrogen-bond acceptors (Lipinski definition) is 5. The Labute approximate surface area is 161 Å². The van der Waals surface area contributed by atoms with Crippen LogP contribution >= 0.6 is 23.4 Å². The molecule has 1 aromatic carbocycles. The van der Waals surface area contributed by atoms with Crippen LogP contribution in [0.15, 0.2) is 23.2 Å². The molecule has 0 bridgehead atoms. The number of methoxy groups -OCH3 is 1. The third-order valence-corrected chi connectivity index (χ3v) is 6.35. The maximum atomic E-state index is 11.5. The van der Waals surface area contributed by atoms with Crippen LogP contribution in [-0.4, -0.2) is 40.9 Å². The molecule has 0 saturated heterocycles. The van der Waals surface area contributed by atoms with Crippen LogP contribution < -0.4 is 5.32 Å². The van der Waals surface area contributed by atoms with E-state index in [0.717, 1.165) is 38.1 Å². The van der Waals surface area contributed by atoms with Gasteiger partial charge >= 0.3 is 5.97 Å². The first-order valence-electron chi connectivity index (χ1n) is 8.99. The Kier molecular flexibility index (Phi) is 5.14. The number of anilines is 1. The van der Waals surface area contributed by atoms with E-state index in [1.54, 1.807) is 11.8 Å². The van der Waals surface area contributed by atoms with Crippen molar-refractivity contribution in [1.82, 2.24) is 4.98 Å². The van der Waals surface area contributed by atoms with Gasteiger partial charge in [0, 0.05) is 22.2 Å². The Morgan fingerprint density at radius 1 is 1.38 bits per heavy atom. The topological polar surface area (TPSA) is 66.5 Å². The van der Waals surface area contributed by atoms with E-state index in [-0.39, 0.29) is 12.0 Å². The number of rotatable bonds is 5. The van der Waals surface area contributed by atoms with E-state index in [9.17, 15) is 4.79 Å². The van der Waals surface area contributed by atoms with E-state index < -0.39 is 0 Å². The fourth-order valence-corrected chi connectivity index (χ4v) is 4.93. The lowest BCUT2D eigenvalue weighted by Gasteiger charge is -2.14. The van der Waals surface area contributed by atoms with Gasteiger partial charge in [0.05, 0.1) is 36.5 Å². The van der Waals surface area contributed by atoms with Gasteiger partial charge in [-0.25, -0.2) is 0 Å². The van der Waals surface area contributed by atoms with Gasteiger partial charge < -0.3 is 15.0 Å². The summed E-state index contributed by atoms with van der Waals surface area (Å²) in [5, 5.41) is 6.40. The molecule has 2 aromatic rings. The zero-order chi connectivity index (χ0) is 18.1. The van der Waals surface area contributed by atoms with Crippen LogP contribution in [0.1, 0.15) is 37.8 Å². The highest BCUT2D eigenvalue weighted by molar-refractivity contribution is 8.14. The molecule has 0 spiro atoms. The molecule has 138 valence electrons. The third kappa shape index (κ3) is 3.71. The summed E-state index contributed by atoms with van der Waals surface area (Å²) in [6, 6.07) is 6.56. The van der Waals surface area contributed by atoms with E-state index >= 15 is 0 Å². The molecule has 1 atom stereocenters. The summed E-state index contributed by atoms with van der Waals surface area (Å²) in [5.74, 6) is 0.584. The number of nitrogens with zero attached hydrogens (tertiary/aromatic N) is 1. The minimum absolute atomic E-state index is 0.0199. The molecule has 1 aliphatic carbocycles. The van der Waals surface area contributed by atoms with Gasteiger partial charge in [0.1, 0.15) is 5.04 Å². The largest absolute Gasteiger partial charge is 0.469 e. The van der Waals surface area contributed by atoms with Gasteiger partial charge in [-0.2, -0.15) is 0 Å². The highest BCUT2D eigenvalue weighted by atomic mass is 35.5. The van der Waals surface area contributed by atoms with Crippen molar-refractivity contribution in [2.24, 2.45) is 4.99 Å². The van der Waals surface area contributed by atoms with Crippen molar-refractivity contribution in [3.05, 3.63) is 28.9 Å². The van der Waals surface area contributed by atoms with Gasteiger partial charge in [0.15, 0.2) is 0 Å². The Hall–Kier alpha value is -1.66. The maximum absolute atomic E-state index is 11.5.